The lowest BCUT2D eigenvalue weighted by atomic mass is 9.91. The normalized spacial score (nSPS) is 29.0. The topological polar surface area (TPSA) is 53.7 Å². The molecular weight excluding hydrogens is 334 g/mol. The zero-order chi connectivity index (χ0) is 14.7. The highest BCUT2D eigenvalue weighted by atomic mass is 79.9. The molecule has 1 spiro atoms. The Hall–Kier alpha value is -0.620. The molecule has 2 atom stereocenters. The number of ether oxygens (including phenoxy) is 3. The quantitative estimate of drug-likeness (QED) is 0.901. The van der Waals surface area contributed by atoms with Crippen molar-refractivity contribution in [3.63, 3.8) is 0 Å². The Morgan fingerprint density at radius 2 is 2.29 bits per heavy atom. The average molecular weight is 356 g/mol. The second-order valence-corrected chi connectivity index (χ2v) is 6.71. The summed E-state index contributed by atoms with van der Waals surface area (Å²) < 4.78 is 18.7. The Kier molecular flexibility index (Phi) is 4.84. The Bertz CT molecular complexity index is 488. The zero-order valence-corrected chi connectivity index (χ0v) is 13.7. The van der Waals surface area contributed by atoms with Gasteiger partial charge in [-0.15, -0.1) is 0 Å². The first kappa shape index (κ1) is 15.3. The summed E-state index contributed by atoms with van der Waals surface area (Å²) in [6.45, 7) is 2.89. The predicted octanol–water partition coefficient (Wildman–Crippen LogP) is 2.67. The molecule has 0 saturated carbocycles. The molecular formula is C16H22BrNO3. The third-order valence-electron chi connectivity index (χ3n) is 4.25. The van der Waals surface area contributed by atoms with Crippen LogP contribution in [0.5, 0.6) is 5.75 Å². The van der Waals surface area contributed by atoms with E-state index in [0.717, 1.165) is 49.1 Å². The lowest BCUT2D eigenvalue weighted by Gasteiger charge is -2.37. The van der Waals surface area contributed by atoms with Crippen LogP contribution in [0.1, 0.15) is 24.8 Å². The molecule has 2 aliphatic rings. The standard InChI is InChI=1S/C16H22BrNO3/c17-15-2-1-13(9-12(15)3-6-18)21-14-4-7-20-16(10-14)5-8-19-11-16/h1-2,9,14H,3-8,10-11,18H2. The van der Waals surface area contributed by atoms with E-state index in [1.165, 1.54) is 5.56 Å². The van der Waals surface area contributed by atoms with Crippen molar-refractivity contribution >= 4 is 15.9 Å². The van der Waals surface area contributed by atoms with Crippen LogP contribution in [0.3, 0.4) is 0 Å². The average Bonchev–Trinajstić information content (AvgIpc) is 2.91. The third kappa shape index (κ3) is 3.59. The molecule has 2 aliphatic heterocycles. The Morgan fingerprint density at radius 1 is 1.38 bits per heavy atom. The van der Waals surface area contributed by atoms with Crippen LogP contribution in [0.2, 0.25) is 0 Å². The van der Waals surface area contributed by atoms with E-state index in [2.05, 4.69) is 22.0 Å². The molecule has 2 fully saturated rings. The zero-order valence-electron chi connectivity index (χ0n) is 12.1. The summed E-state index contributed by atoms with van der Waals surface area (Å²) in [5.74, 6) is 0.919. The van der Waals surface area contributed by atoms with Gasteiger partial charge in [0.25, 0.3) is 0 Å². The first-order chi connectivity index (χ1) is 10.2. The number of hydrogen-bond acceptors (Lipinski definition) is 4. The molecule has 0 bridgehead atoms. The molecule has 0 aliphatic carbocycles. The van der Waals surface area contributed by atoms with Gasteiger partial charge in [0, 0.05) is 30.3 Å². The number of hydrogen-bond donors (Lipinski definition) is 1. The highest BCUT2D eigenvalue weighted by Crippen LogP contribution is 2.35. The Balaban J connectivity index is 1.67. The second-order valence-electron chi connectivity index (χ2n) is 5.86. The fraction of sp³-hybridized carbons (Fsp3) is 0.625. The van der Waals surface area contributed by atoms with Gasteiger partial charge in [0.15, 0.2) is 0 Å². The van der Waals surface area contributed by atoms with Gasteiger partial charge in [-0.05, 0) is 36.7 Å². The van der Waals surface area contributed by atoms with Gasteiger partial charge in [0.05, 0.1) is 18.8 Å². The van der Waals surface area contributed by atoms with Gasteiger partial charge in [-0.3, -0.25) is 0 Å². The van der Waals surface area contributed by atoms with Crippen molar-refractivity contribution in [2.75, 3.05) is 26.4 Å². The molecule has 1 aromatic carbocycles. The van der Waals surface area contributed by atoms with E-state index in [0.29, 0.717) is 13.2 Å². The Morgan fingerprint density at radius 3 is 3.05 bits per heavy atom. The monoisotopic (exact) mass is 355 g/mol. The summed E-state index contributed by atoms with van der Waals surface area (Å²) in [5, 5.41) is 0. The molecule has 4 nitrogen and oxygen atoms in total. The minimum Gasteiger partial charge on any atom is -0.490 e. The van der Waals surface area contributed by atoms with Crippen LogP contribution in [0.4, 0.5) is 0 Å². The SMILES string of the molecule is NCCc1cc(OC2CCOC3(CCOC3)C2)ccc1Br. The minimum atomic E-state index is -0.113. The van der Waals surface area contributed by atoms with Gasteiger partial charge in [-0.2, -0.15) is 0 Å². The summed E-state index contributed by atoms with van der Waals surface area (Å²) >= 11 is 3.56. The molecule has 5 heteroatoms. The van der Waals surface area contributed by atoms with Crippen molar-refractivity contribution in [1.82, 2.24) is 0 Å². The molecule has 2 N–H and O–H groups in total. The molecule has 116 valence electrons. The van der Waals surface area contributed by atoms with Crippen LogP contribution in [0.25, 0.3) is 0 Å². The highest BCUT2D eigenvalue weighted by molar-refractivity contribution is 9.10. The van der Waals surface area contributed by atoms with E-state index in [9.17, 15) is 0 Å². The van der Waals surface area contributed by atoms with Crippen molar-refractivity contribution in [2.45, 2.75) is 37.4 Å². The van der Waals surface area contributed by atoms with Gasteiger partial charge in [-0.25, -0.2) is 0 Å². The smallest absolute Gasteiger partial charge is 0.120 e. The van der Waals surface area contributed by atoms with Crippen molar-refractivity contribution < 1.29 is 14.2 Å². The molecule has 0 radical (unpaired) electrons. The van der Waals surface area contributed by atoms with Crippen molar-refractivity contribution in [3.05, 3.63) is 28.2 Å². The number of benzene rings is 1. The fourth-order valence-electron chi connectivity index (χ4n) is 3.11. The maximum atomic E-state index is 6.19. The molecule has 0 aromatic heterocycles. The van der Waals surface area contributed by atoms with E-state index >= 15 is 0 Å². The second kappa shape index (κ2) is 6.65. The van der Waals surface area contributed by atoms with Crippen LogP contribution in [-0.4, -0.2) is 38.1 Å². The van der Waals surface area contributed by atoms with Gasteiger partial charge in [-0.1, -0.05) is 15.9 Å². The molecule has 0 amide bonds. The molecule has 3 rings (SSSR count). The maximum Gasteiger partial charge on any atom is 0.120 e. The number of rotatable bonds is 4. The maximum absolute atomic E-state index is 6.19. The summed E-state index contributed by atoms with van der Waals surface area (Å²) in [4.78, 5) is 0. The van der Waals surface area contributed by atoms with Gasteiger partial charge >= 0.3 is 0 Å². The molecule has 21 heavy (non-hydrogen) atoms. The number of nitrogens with two attached hydrogens (primary N) is 1. The summed E-state index contributed by atoms with van der Waals surface area (Å²) in [7, 11) is 0. The summed E-state index contributed by atoms with van der Waals surface area (Å²) in [6.07, 6.45) is 3.88. The number of halogens is 1. The molecule has 2 heterocycles. The third-order valence-corrected chi connectivity index (χ3v) is 5.02. The molecule has 1 aromatic rings. The fourth-order valence-corrected chi connectivity index (χ4v) is 3.56. The van der Waals surface area contributed by atoms with Crippen molar-refractivity contribution in [3.8, 4) is 5.75 Å². The van der Waals surface area contributed by atoms with Crippen LogP contribution in [0.15, 0.2) is 22.7 Å². The first-order valence-electron chi connectivity index (χ1n) is 7.58. The highest BCUT2D eigenvalue weighted by Gasteiger charge is 2.41. The summed E-state index contributed by atoms with van der Waals surface area (Å²) in [5.41, 5.74) is 6.73. The van der Waals surface area contributed by atoms with E-state index in [1.807, 2.05) is 12.1 Å². The predicted molar refractivity (Wildman–Crippen MR) is 84.7 cm³/mol. The molecule has 2 saturated heterocycles. The van der Waals surface area contributed by atoms with Crippen molar-refractivity contribution in [2.24, 2.45) is 5.73 Å². The van der Waals surface area contributed by atoms with Crippen LogP contribution >= 0.6 is 15.9 Å². The largest absolute Gasteiger partial charge is 0.490 e. The first-order valence-corrected chi connectivity index (χ1v) is 8.37. The van der Waals surface area contributed by atoms with Gasteiger partial charge in [0.1, 0.15) is 11.9 Å². The van der Waals surface area contributed by atoms with E-state index in [4.69, 9.17) is 19.9 Å². The Labute approximate surface area is 134 Å². The lowest BCUT2D eigenvalue weighted by Crippen LogP contribution is -2.44. The molecule has 2 unspecified atom stereocenters. The van der Waals surface area contributed by atoms with E-state index < -0.39 is 0 Å². The van der Waals surface area contributed by atoms with Crippen LogP contribution in [0, 0.1) is 0 Å². The van der Waals surface area contributed by atoms with Gasteiger partial charge < -0.3 is 19.9 Å². The lowest BCUT2D eigenvalue weighted by molar-refractivity contribution is -0.112. The van der Waals surface area contributed by atoms with Crippen molar-refractivity contribution in [1.29, 1.82) is 0 Å². The van der Waals surface area contributed by atoms with Crippen LogP contribution in [-0.2, 0) is 15.9 Å². The van der Waals surface area contributed by atoms with E-state index in [-0.39, 0.29) is 11.7 Å². The minimum absolute atomic E-state index is 0.113. The summed E-state index contributed by atoms with van der Waals surface area (Å²) in [6, 6.07) is 6.13. The van der Waals surface area contributed by atoms with Gasteiger partial charge in [0.2, 0.25) is 0 Å². The van der Waals surface area contributed by atoms with Crippen LogP contribution < -0.4 is 10.5 Å². The van der Waals surface area contributed by atoms with E-state index in [1.54, 1.807) is 0 Å².